The van der Waals surface area contributed by atoms with Gasteiger partial charge in [0.25, 0.3) is 0 Å². The van der Waals surface area contributed by atoms with Crippen molar-refractivity contribution in [3.63, 3.8) is 0 Å². The molecule has 1 aromatic rings. The van der Waals surface area contributed by atoms with Gasteiger partial charge in [0.05, 0.1) is 10.3 Å². The molecule has 3 nitrogen and oxygen atoms in total. The van der Waals surface area contributed by atoms with Crippen molar-refractivity contribution in [3.05, 3.63) is 20.8 Å². The maximum absolute atomic E-state index is 11.6. The summed E-state index contributed by atoms with van der Waals surface area (Å²) in [7, 11) is 1.80. The monoisotopic (exact) mass is 290 g/mol. The molecule has 1 rings (SSSR count). The molecular weight excluding hydrogens is 276 g/mol. The lowest BCUT2D eigenvalue weighted by Crippen LogP contribution is -2.31. The molecule has 1 heterocycles. The van der Waals surface area contributed by atoms with Crippen LogP contribution in [0.25, 0.3) is 0 Å². The minimum Gasteiger partial charge on any atom is -0.341 e. The molecule has 5 heteroatoms. The Kier molecular flexibility index (Phi) is 4.76. The third kappa shape index (κ3) is 4.32. The van der Waals surface area contributed by atoms with Crippen LogP contribution in [-0.4, -0.2) is 23.9 Å². The van der Waals surface area contributed by atoms with E-state index in [4.69, 9.17) is 5.73 Å². The fraction of sp³-hybridized carbons (Fsp3) is 0.500. The van der Waals surface area contributed by atoms with Gasteiger partial charge in [0, 0.05) is 24.4 Å². The molecule has 0 aliphatic carbocycles. The van der Waals surface area contributed by atoms with Gasteiger partial charge in [0.15, 0.2) is 0 Å². The smallest absolute Gasteiger partial charge is 0.224 e. The zero-order valence-corrected chi connectivity index (χ0v) is 11.3. The average Bonchev–Trinajstić information content (AvgIpc) is 2.50. The van der Waals surface area contributed by atoms with Gasteiger partial charge in [-0.15, -0.1) is 11.3 Å². The molecule has 0 radical (unpaired) electrons. The van der Waals surface area contributed by atoms with Crippen molar-refractivity contribution < 1.29 is 4.79 Å². The highest BCUT2D eigenvalue weighted by Gasteiger charge is 2.11. The predicted molar refractivity (Wildman–Crippen MR) is 66.8 cm³/mol. The zero-order valence-electron chi connectivity index (χ0n) is 8.87. The first-order valence-corrected chi connectivity index (χ1v) is 6.33. The molecule has 0 fully saturated rings. The second kappa shape index (κ2) is 5.63. The number of nitrogens with two attached hydrogens (primary N) is 1. The quantitative estimate of drug-likeness (QED) is 0.924. The predicted octanol–water partition coefficient (Wildman–Crippen LogP) is 2.21. The Bertz CT molecular complexity index is 338. The van der Waals surface area contributed by atoms with Gasteiger partial charge >= 0.3 is 0 Å². The van der Waals surface area contributed by atoms with Gasteiger partial charge in [-0.05, 0) is 35.0 Å². The van der Waals surface area contributed by atoms with E-state index >= 15 is 0 Å². The third-order valence-corrected chi connectivity index (χ3v) is 3.55. The van der Waals surface area contributed by atoms with Crippen LogP contribution in [0.4, 0.5) is 0 Å². The van der Waals surface area contributed by atoms with Crippen LogP contribution in [0.3, 0.4) is 0 Å². The number of halogens is 1. The molecule has 2 N–H and O–H groups in total. The van der Waals surface area contributed by atoms with Crippen molar-refractivity contribution >= 4 is 33.2 Å². The van der Waals surface area contributed by atoms with E-state index in [1.54, 1.807) is 23.3 Å². The first-order chi connectivity index (χ1) is 6.99. The van der Waals surface area contributed by atoms with E-state index in [-0.39, 0.29) is 11.9 Å². The second-order valence-corrected chi connectivity index (χ2v) is 6.18. The Hall–Kier alpha value is -0.390. The molecule has 1 unspecified atom stereocenters. The minimum atomic E-state index is -0.0741. The fourth-order valence-electron chi connectivity index (χ4n) is 1.19. The van der Waals surface area contributed by atoms with E-state index in [0.717, 1.165) is 3.79 Å². The van der Waals surface area contributed by atoms with Crippen molar-refractivity contribution in [2.75, 3.05) is 7.05 Å². The summed E-state index contributed by atoms with van der Waals surface area (Å²) in [5.41, 5.74) is 5.58. The molecule has 0 aliphatic rings. The van der Waals surface area contributed by atoms with E-state index in [1.807, 2.05) is 19.1 Å². The molecule has 0 saturated heterocycles. The molecule has 15 heavy (non-hydrogen) atoms. The van der Waals surface area contributed by atoms with Crippen LogP contribution in [-0.2, 0) is 11.3 Å². The molecule has 1 aromatic heterocycles. The van der Waals surface area contributed by atoms with E-state index < -0.39 is 0 Å². The molecular formula is C10H15BrN2OS. The van der Waals surface area contributed by atoms with Crippen molar-refractivity contribution in [2.24, 2.45) is 5.73 Å². The lowest BCUT2D eigenvalue weighted by Gasteiger charge is -2.17. The van der Waals surface area contributed by atoms with Gasteiger partial charge < -0.3 is 10.6 Å². The van der Waals surface area contributed by atoms with Gasteiger partial charge in [-0.2, -0.15) is 0 Å². The summed E-state index contributed by atoms with van der Waals surface area (Å²) in [6.07, 6.45) is 0.406. The summed E-state index contributed by atoms with van der Waals surface area (Å²) in [6.45, 7) is 2.50. The summed E-state index contributed by atoms with van der Waals surface area (Å²) >= 11 is 5.04. The highest BCUT2D eigenvalue weighted by molar-refractivity contribution is 9.11. The lowest BCUT2D eigenvalue weighted by molar-refractivity contribution is -0.130. The number of thiophene rings is 1. The van der Waals surface area contributed by atoms with Gasteiger partial charge in [-0.1, -0.05) is 0 Å². The van der Waals surface area contributed by atoms with Gasteiger partial charge in [-0.25, -0.2) is 0 Å². The number of carbonyl (C=O) groups excluding carboxylic acids is 1. The van der Waals surface area contributed by atoms with Crippen molar-refractivity contribution in [3.8, 4) is 0 Å². The van der Waals surface area contributed by atoms with Crippen LogP contribution in [0.1, 0.15) is 18.2 Å². The Morgan fingerprint density at radius 3 is 2.80 bits per heavy atom. The van der Waals surface area contributed by atoms with E-state index in [0.29, 0.717) is 13.0 Å². The standard InChI is InChI=1S/C10H15BrN2OS/c1-7(12)5-10(14)13(2)6-8-3-4-9(11)15-8/h3-4,7H,5-6,12H2,1-2H3. The largest absolute Gasteiger partial charge is 0.341 e. The van der Waals surface area contributed by atoms with E-state index in [1.165, 1.54) is 4.88 Å². The van der Waals surface area contributed by atoms with E-state index in [9.17, 15) is 4.79 Å². The molecule has 84 valence electrons. The molecule has 1 amide bonds. The molecule has 0 saturated carbocycles. The Labute approximate surface area is 102 Å². The number of nitrogens with zero attached hydrogens (tertiary/aromatic N) is 1. The number of hydrogen-bond acceptors (Lipinski definition) is 3. The van der Waals surface area contributed by atoms with Crippen molar-refractivity contribution in [2.45, 2.75) is 25.9 Å². The zero-order chi connectivity index (χ0) is 11.4. The van der Waals surface area contributed by atoms with Crippen LogP contribution >= 0.6 is 27.3 Å². The van der Waals surface area contributed by atoms with Crippen LogP contribution in [0.5, 0.6) is 0 Å². The average molecular weight is 291 g/mol. The van der Waals surface area contributed by atoms with Crippen LogP contribution < -0.4 is 5.73 Å². The van der Waals surface area contributed by atoms with Crippen LogP contribution in [0, 0.1) is 0 Å². The number of hydrogen-bond donors (Lipinski definition) is 1. The summed E-state index contributed by atoms with van der Waals surface area (Å²) in [5.74, 6) is 0.0922. The highest BCUT2D eigenvalue weighted by atomic mass is 79.9. The summed E-state index contributed by atoms with van der Waals surface area (Å²) in [4.78, 5) is 14.5. The minimum absolute atomic E-state index is 0.0741. The summed E-state index contributed by atoms with van der Waals surface area (Å²) < 4.78 is 1.09. The van der Waals surface area contributed by atoms with Crippen LogP contribution in [0.15, 0.2) is 15.9 Å². The second-order valence-electron chi connectivity index (χ2n) is 3.64. The van der Waals surface area contributed by atoms with Gasteiger partial charge in [0.1, 0.15) is 0 Å². The summed E-state index contributed by atoms with van der Waals surface area (Å²) in [5, 5.41) is 0. The molecule has 0 aliphatic heterocycles. The molecule has 0 aromatic carbocycles. The van der Waals surface area contributed by atoms with Gasteiger partial charge in [0.2, 0.25) is 5.91 Å². The fourth-order valence-corrected chi connectivity index (χ4v) is 2.73. The highest BCUT2D eigenvalue weighted by Crippen LogP contribution is 2.23. The SMILES string of the molecule is CC(N)CC(=O)N(C)Cc1ccc(Br)s1. The topological polar surface area (TPSA) is 46.3 Å². The summed E-state index contributed by atoms with van der Waals surface area (Å²) in [6, 6.07) is 3.93. The number of carbonyl (C=O) groups is 1. The number of amides is 1. The van der Waals surface area contributed by atoms with E-state index in [2.05, 4.69) is 15.9 Å². The third-order valence-electron chi connectivity index (χ3n) is 1.94. The normalized spacial score (nSPS) is 12.5. The Morgan fingerprint density at radius 2 is 2.33 bits per heavy atom. The number of rotatable bonds is 4. The Balaban J connectivity index is 2.48. The van der Waals surface area contributed by atoms with Crippen molar-refractivity contribution in [1.29, 1.82) is 0 Å². The first kappa shape index (κ1) is 12.7. The lowest BCUT2D eigenvalue weighted by atomic mass is 10.2. The van der Waals surface area contributed by atoms with Crippen molar-refractivity contribution in [1.82, 2.24) is 4.90 Å². The molecule has 0 spiro atoms. The molecule has 1 atom stereocenters. The Morgan fingerprint density at radius 1 is 1.67 bits per heavy atom. The maximum atomic E-state index is 11.6. The molecule has 0 bridgehead atoms. The van der Waals surface area contributed by atoms with Gasteiger partial charge in [-0.3, -0.25) is 4.79 Å². The maximum Gasteiger partial charge on any atom is 0.224 e. The van der Waals surface area contributed by atoms with Crippen LogP contribution in [0.2, 0.25) is 0 Å². The first-order valence-electron chi connectivity index (χ1n) is 4.73.